The molecular weight excluding hydrogens is 648 g/mol. The molecule has 10 heteroatoms. The number of hydrogen-bond acceptors (Lipinski definition) is 9. The number of benzene rings is 4. The zero-order valence-electron chi connectivity index (χ0n) is 29.2. The van der Waals surface area contributed by atoms with E-state index in [4.69, 9.17) is 23.7 Å². The first kappa shape index (κ1) is 37.3. The number of phenolic OH excluding ortho intramolecular Hbond substituents is 1. The van der Waals surface area contributed by atoms with Gasteiger partial charge in [0.2, 0.25) is 0 Å². The van der Waals surface area contributed by atoms with Crippen molar-refractivity contribution in [1.29, 1.82) is 0 Å². The van der Waals surface area contributed by atoms with Gasteiger partial charge >= 0.3 is 12.1 Å². The molecule has 1 aliphatic carbocycles. The highest BCUT2D eigenvalue weighted by atomic mass is 16.6. The summed E-state index contributed by atoms with van der Waals surface area (Å²) in [7, 11) is 4.55. The van der Waals surface area contributed by atoms with Crippen LogP contribution in [0, 0.1) is 0 Å². The number of carbonyl (C=O) groups is 2. The van der Waals surface area contributed by atoms with E-state index < -0.39 is 42.5 Å². The molecule has 51 heavy (non-hydrogen) atoms. The van der Waals surface area contributed by atoms with Gasteiger partial charge in [0, 0.05) is 14.1 Å². The van der Waals surface area contributed by atoms with Crippen molar-refractivity contribution in [2.45, 2.75) is 56.6 Å². The first-order valence-corrected chi connectivity index (χ1v) is 16.9. The van der Waals surface area contributed by atoms with Gasteiger partial charge in [-0.15, -0.1) is 0 Å². The second-order valence-corrected chi connectivity index (χ2v) is 12.6. The van der Waals surface area contributed by atoms with E-state index in [2.05, 4.69) is 5.32 Å². The van der Waals surface area contributed by atoms with Gasteiger partial charge in [-0.2, -0.15) is 0 Å². The molecule has 2 N–H and O–H groups in total. The molecule has 268 valence electrons. The topological polar surface area (TPSA) is 116 Å². The Kier molecular flexibility index (Phi) is 13.8. The van der Waals surface area contributed by atoms with Crippen LogP contribution in [0.4, 0.5) is 4.79 Å². The molecule has 0 saturated heterocycles. The van der Waals surface area contributed by atoms with E-state index in [0.717, 1.165) is 27.8 Å². The SMILES string of the molecule is COC(=O)[C@H](Cc1ccc(O)cc1)N[C@H]1C=C(COCc2ccccc2)[C@@H](OCc2ccccc2)[C@H](OCc2ccccc2)[C@@H]1OC(=O)N(C)C. The number of ether oxygens (including phenoxy) is 5. The van der Waals surface area contributed by atoms with Gasteiger partial charge in [-0.25, -0.2) is 4.79 Å². The van der Waals surface area contributed by atoms with Crippen molar-refractivity contribution < 1.29 is 38.4 Å². The van der Waals surface area contributed by atoms with Crippen LogP contribution in [0.1, 0.15) is 22.3 Å². The van der Waals surface area contributed by atoms with Gasteiger partial charge in [-0.05, 0) is 46.4 Å². The van der Waals surface area contributed by atoms with Gasteiger partial charge in [0.05, 0.1) is 39.6 Å². The van der Waals surface area contributed by atoms with Crippen LogP contribution in [0.5, 0.6) is 5.75 Å². The third kappa shape index (κ3) is 11.0. The van der Waals surface area contributed by atoms with Crippen molar-refractivity contribution in [3.05, 3.63) is 149 Å². The Hall–Kier alpha value is -5.00. The molecule has 1 amide bonds. The van der Waals surface area contributed by atoms with Gasteiger partial charge < -0.3 is 33.7 Å². The van der Waals surface area contributed by atoms with Crippen molar-refractivity contribution in [3.8, 4) is 5.75 Å². The van der Waals surface area contributed by atoms with E-state index in [1.807, 2.05) is 97.1 Å². The van der Waals surface area contributed by atoms with E-state index in [0.29, 0.717) is 6.61 Å². The molecule has 0 aromatic heterocycles. The van der Waals surface area contributed by atoms with Crippen LogP contribution in [0.15, 0.2) is 127 Å². The lowest BCUT2D eigenvalue weighted by Crippen LogP contribution is -2.60. The minimum absolute atomic E-state index is 0.118. The Bertz CT molecular complexity index is 1680. The second kappa shape index (κ2) is 18.8. The fourth-order valence-corrected chi connectivity index (χ4v) is 5.87. The number of amides is 1. The Morgan fingerprint density at radius 3 is 1.80 bits per heavy atom. The Balaban J connectivity index is 1.54. The lowest BCUT2D eigenvalue weighted by Gasteiger charge is -2.42. The smallest absolute Gasteiger partial charge is 0.409 e. The highest BCUT2D eigenvalue weighted by Crippen LogP contribution is 2.31. The summed E-state index contributed by atoms with van der Waals surface area (Å²) in [5.41, 5.74) is 4.47. The third-order valence-corrected chi connectivity index (χ3v) is 8.53. The van der Waals surface area contributed by atoms with Gasteiger partial charge in [-0.1, -0.05) is 109 Å². The number of phenols is 1. The van der Waals surface area contributed by atoms with E-state index in [9.17, 15) is 14.7 Å². The summed E-state index contributed by atoms with van der Waals surface area (Å²) in [6, 6.07) is 34.5. The van der Waals surface area contributed by atoms with Crippen LogP contribution < -0.4 is 5.32 Å². The summed E-state index contributed by atoms with van der Waals surface area (Å²) >= 11 is 0. The first-order valence-electron chi connectivity index (χ1n) is 16.9. The molecule has 5 rings (SSSR count). The average molecular weight is 695 g/mol. The number of nitrogens with one attached hydrogen (secondary N) is 1. The standard InChI is InChI=1S/C41H46N2O8/c1-43(2)41(46)51-38-35(42-36(40(45)47-3)23-29-19-21-34(44)22-20-29)24-33(28-48-25-30-13-7-4-8-14-30)37(49-26-31-15-9-5-10-16-31)39(38)50-27-32-17-11-6-12-18-32/h4-22,24,35-39,42,44H,23,25-28H2,1-3H3/t35-,36-,37+,38+,39-/m0/s1. The van der Waals surface area contributed by atoms with Crippen molar-refractivity contribution >= 4 is 12.1 Å². The normalized spacial score (nSPS) is 19.1. The quantitative estimate of drug-likeness (QED) is 0.110. The van der Waals surface area contributed by atoms with Crippen molar-refractivity contribution in [2.24, 2.45) is 0 Å². The van der Waals surface area contributed by atoms with Crippen LogP contribution in [0.2, 0.25) is 0 Å². The van der Waals surface area contributed by atoms with Gasteiger partial charge in [0.25, 0.3) is 0 Å². The second-order valence-electron chi connectivity index (χ2n) is 12.6. The van der Waals surface area contributed by atoms with E-state index in [1.54, 1.807) is 38.4 Å². The summed E-state index contributed by atoms with van der Waals surface area (Å²) in [4.78, 5) is 27.9. The average Bonchev–Trinajstić information content (AvgIpc) is 3.15. The summed E-state index contributed by atoms with van der Waals surface area (Å²) in [5, 5.41) is 13.3. The van der Waals surface area contributed by atoms with Crippen LogP contribution in [0.25, 0.3) is 0 Å². The monoisotopic (exact) mass is 694 g/mol. The number of methoxy groups -OCH3 is 1. The zero-order valence-corrected chi connectivity index (χ0v) is 29.2. The highest BCUT2D eigenvalue weighted by molar-refractivity contribution is 5.76. The lowest BCUT2D eigenvalue weighted by atomic mass is 9.86. The van der Waals surface area contributed by atoms with Gasteiger partial charge in [0.15, 0.2) is 6.10 Å². The largest absolute Gasteiger partial charge is 0.508 e. The summed E-state index contributed by atoms with van der Waals surface area (Å²) in [6.07, 6.45) is -0.848. The number of carbonyl (C=O) groups excluding carboxylic acids is 2. The molecule has 0 bridgehead atoms. The maximum Gasteiger partial charge on any atom is 0.409 e. The predicted octanol–water partition coefficient (Wildman–Crippen LogP) is 5.83. The van der Waals surface area contributed by atoms with Crippen LogP contribution in [-0.4, -0.2) is 80.3 Å². The van der Waals surface area contributed by atoms with Crippen molar-refractivity contribution in [2.75, 3.05) is 27.8 Å². The highest BCUT2D eigenvalue weighted by Gasteiger charge is 2.46. The van der Waals surface area contributed by atoms with E-state index in [1.165, 1.54) is 12.0 Å². The number of rotatable bonds is 16. The number of esters is 1. The Morgan fingerprint density at radius 2 is 1.25 bits per heavy atom. The molecule has 0 aliphatic heterocycles. The number of aromatic hydroxyl groups is 1. The molecule has 4 aromatic rings. The molecule has 0 spiro atoms. The molecule has 5 atom stereocenters. The van der Waals surface area contributed by atoms with E-state index >= 15 is 0 Å². The fourth-order valence-electron chi connectivity index (χ4n) is 5.87. The minimum atomic E-state index is -0.936. The van der Waals surface area contributed by atoms with Gasteiger partial charge in [-0.3, -0.25) is 10.1 Å². The van der Waals surface area contributed by atoms with E-state index in [-0.39, 0.29) is 32.0 Å². The lowest BCUT2D eigenvalue weighted by molar-refractivity contribution is -0.146. The molecule has 0 fully saturated rings. The van der Waals surface area contributed by atoms with Crippen LogP contribution in [-0.2, 0) is 54.7 Å². The molecule has 1 aliphatic rings. The third-order valence-electron chi connectivity index (χ3n) is 8.53. The molecule has 4 aromatic carbocycles. The molecule has 0 unspecified atom stereocenters. The molecule has 0 saturated carbocycles. The van der Waals surface area contributed by atoms with Crippen LogP contribution in [0.3, 0.4) is 0 Å². The maximum absolute atomic E-state index is 13.3. The minimum Gasteiger partial charge on any atom is -0.508 e. The Morgan fingerprint density at radius 1 is 0.706 bits per heavy atom. The maximum atomic E-state index is 13.3. The molecule has 10 nitrogen and oxygen atoms in total. The Labute approximate surface area is 299 Å². The first-order chi connectivity index (χ1) is 24.8. The van der Waals surface area contributed by atoms with Crippen molar-refractivity contribution in [3.63, 3.8) is 0 Å². The number of hydrogen-bond donors (Lipinski definition) is 2. The molecule has 0 radical (unpaired) electrons. The van der Waals surface area contributed by atoms with Crippen molar-refractivity contribution in [1.82, 2.24) is 10.2 Å². The predicted molar refractivity (Wildman–Crippen MR) is 193 cm³/mol. The zero-order chi connectivity index (χ0) is 36.0. The number of nitrogens with zero attached hydrogens (tertiary/aromatic N) is 1. The molecular formula is C41H46N2O8. The fraction of sp³-hybridized carbons (Fsp3) is 0.317. The molecule has 0 heterocycles. The summed E-state index contributed by atoms with van der Waals surface area (Å²) < 4.78 is 31.0. The van der Waals surface area contributed by atoms with Gasteiger partial charge in [0.1, 0.15) is 24.0 Å². The summed E-state index contributed by atoms with van der Waals surface area (Å²) in [5.74, 6) is -0.382. The van der Waals surface area contributed by atoms with Crippen LogP contribution >= 0.6 is 0 Å². The summed E-state index contributed by atoms with van der Waals surface area (Å²) in [6.45, 7) is 1.03.